The first kappa shape index (κ1) is 16.2. The number of alkyl halides is 3. The number of rotatable bonds is 1. The van der Waals surface area contributed by atoms with Crippen molar-refractivity contribution in [3.8, 4) is 0 Å². The first-order chi connectivity index (χ1) is 7.77. The van der Waals surface area contributed by atoms with E-state index in [1.54, 1.807) is 6.92 Å². The van der Waals surface area contributed by atoms with Crippen LogP contribution in [0.1, 0.15) is 38.3 Å². The first-order valence-corrected chi connectivity index (χ1v) is 5.70. The SMILES string of the molecule is CCC.CCc1cc(Cl)c(C(F)(F)F)cc1F. The molecule has 0 unspecified atom stereocenters. The molecule has 1 rings (SSSR count). The number of halogens is 5. The van der Waals surface area contributed by atoms with E-state index in [-0.39, 0.29) is 5.56 Å². The number of hydrogen-bond donors (Lipinski definition) is 0. The van der Waals surface area contributed by atoms with Crippen LogP contribution in [0.5, 0.6) is 0 Å². The normalized spacial score (nSPS) is 10.8. The Labute approximate surface area is 104 Å². The summed E-state index contributed by atoms with van der Waals surface area (Å²) >= 11 is 5.38. The lowest BCUT2D eigenvalue weighted by atomic mass is 10.1. The first-order valence-electron chi connectivity index (χ1n) is 5.32. The molecule has 0 atom stereocenters. The number of aryl methyl sites for hydroxylation is 1. The molecule has 1 aromatic carbocycles. The van der Waals surface area contributed by atoms with Crippen LogP contribution in [0.2, 0.25) is 5.02 Å². The van der Waals surface area contributed by atoms with Crippen molar-refractivity contribution in [3.63, 3.8) is 0 Å². The van der Waals surface area contributed by atoms with Crippen LogP contribution in [0.4, 0.5) is 17.6 Å². The zero-order chi connectivity index (χ0) is 13.6. The van der Waals surface area contributed by atoms with Crippen molar-refractivity contribution < 1.29 is 17.6 Å². The third-order valence-corrected chi connectivity index (χ3v) is 2.14. The zero-order valence-electron chi connectivity index (χ0n) is 9.96. The molecule has 0 spiro atoms. The molecule has 5 heteroatoms. The maximum atomic E-state index is 13.0. The molecule has 0 saturated carbocycles. The fraction of sp³-hybridized carbons (Fsp3) is 0.500. The van der Waals surface area contributed by atoms with E-state index in [4.69, 9.17) is 11.6 Å². The lowest BCUT2D eigenvalue weighted by molar-refractivity contribution is -0.137. The van der Waals surface area contributed by atoms with E-state index in [1.807, 2.05) is 0 Å². The molecule has 0 bridgehead atoms. The Morgan fingerprint density at radius 1 is 1.12 bits per heavy atom. The van der Waals surface area contributed by atoms with E-state index >= 15 is 0 Å². The second-order valence-corrected chi connectivity index (χ2v) is 3.89. The summed E-state index contributed by atoms with van der Waals surface area (Å²) in [5.74, 6) is -0.871. The van der Waals surface area contributed by atoms with Gasteiger partial charge in [0.15, 0.2) is 0 Å². The fourth-order valence-corrected chi connectivity index (χ4v) is 1.37. The molecule has 0 aliphatic heterocycles. The summed E-state index contributed by atoms with van der Waals surface area (Å²) < 4.78 is 49.6. The average Bonchev–Trinajstić information content (AvgIpc) is 2.20. The van der Waals surface area contributed by atoms with Crippen LogP contribution in [-0.2, 0) is 12.6 Å². The molecule has 1 aromatic rings. The second-order valence-electron chi connectivity index (χ2n) is 3.48. The highest BCUT2D eigenvalue weighted by Gasteiger charge is 2.34. The number of benzene rings is 1. The van der Waals surface area contributed by atoms with Crippen molar-refractivity contribution in [2.45, 2.75) is 39.8 Å². The summed E-state index contributed by atoms with van der Waals surface area (Å²) in [5.41, 5.74) is -0.947. The van der Waals surface area contributed by atoms with Crippen molar-refractivity contribution in [2.24, 2.45) is 0 Å². The predicted molar refractivity (Wildman–Crippen MR) is 61.8 cm³/mol. The van der Waals surface area contributed by atoms with Crippen LogP contribution in [0, 0.1) is 5.82 Å². The molecule has 0 nitrogen and oxygen atoms in total. The second kappa shape index (κ2) is 6.84. The van der Waals surface area contributed by atoms with Crippen LogP contribution in [-0.4, -0.2) is 0 Å². The van der Waals surface area contributed by atoms with Crippen molar-refractivity contribution in [3.05, 3.63) is 34.1 Å². The van der Waals surface area contributed by atoms with Crippen LogP contribution in [0.25, 0.3) is 0 Å². The van der Waals surface area contributed by atoms with Crippen LogP contribution < -0.4 is 0 Å². The smallest absolute Gasteiger partial charge is 0.207 e. The lowest BCUT2D eigenvalue weighted by Gasteiger charge is -2.10. The minimum atomic E-state index is -4.61. The number of hydrogen-bond acceptors (Lipinski definition) is 0. The summed E-state index contributed by atoms with van der Waals surface area (Å²) in [6, 6.07) is 1.45. The van der Waals surface area contributed by atoms with Crippen LogP contribution in [0.3, 0.4) is 0 Å². The molecule has 0 saturated heterocycles. The molecule has 0 heterocycles. The van der Waals surface area contributed by atoms with Gasteiger partial charge >= 0.3 is 6.18 Å². The van der Waals surface area contributed by atoms with E-state index in [0.29, 0.717) is 12.5 Å². The van der Waals surface area contributed by atoms with Gasteiger partial charge in [-0.05, 0) is 24.1 Å². The van der Waals surface area contributed by atoms with Gasteiger partial charge in [0.25, 0.3) is 0 Å². The summed E-state index contributed by atoms with van der Waals surface area (Å²) in [6.07, 6.45) is -3.05. The Bertz CT molecular complexity index is 358. The molecule has 0 aliphatic rings. The maximum Gasteiger partial charge on any atom is 0.417 e. The van der Waals surface area contributed by atoms with Gasteiger partial charge in [0, 0.05) is 0 Å². The minimum Gasteiger partial charge on any atom is -0.207 e. The van der Waals surface area contributed by atoms with Gasteiger partial charge in [-0.1, -0.05) is 38.8 Å². The van der Waals surface area contributed by atoms with Crippen molar-refractivity contribution in [1.29, 1.82) is 0 Å². The van der Waals surface area contributed by atoms with Gasteiger partial charge in [-0.2, -0.15) is 13.2 Å². The van der Waals surface area contributed by atoms with E-state index in [9.17, 15) is 17.6 Å². The average molecular weight is 271 g/mol. The zero-order valence-corrected chi connectivity index (χ0v) is 10.7. The summed E-state index contributed by atoms with van der Waals surface area (Å²) in [6.45, 7) is 5.89. The van der Waals surface area contributed by atoms with Gasteiger partial charge in [0.1, 0.15) is 5.82 Å². The molecule has 98 valence electrons. The predicted octanol–water partition coefficient (Wildman–Crippen LogP) is 5.48. The lowest BCUT2D eigenvalue weighted by Crippen LogP contribution is -2.07. The monoisotopic (exact) mass is 270 g/mol. The summed E-state index contributed by atoms with van der Waals surface area (Å²) in [7, 11) is 0. The van der Waals surface area contributed by atoms with Gasteiger partial charge in [-0.3, -0.25) is 0 Å². The summed E-state index contributed by atoms with van der Waals surface area (Å²) in [4.78, 5) is 0. The highest BCUT2D eigenvalue weighted by molar-refractivity contribution is 6.31. The topological polar surface area (TPSA) is 0 Å². The molecular formula is C12H15ClF4. The van der Waals surface area contributed by atoms with E-state index in [0.717, 1.165) is 6.07 Å². The Balaban J connectivity index is 0.000000770. The van der Waals surface area contributed by atoms with Crippen molar-refractivity contribution in [2.75, 3.05) is 0 Å². The van der Waals surface area contributed by atoms with Crippen LogP contribution in [0.15, 0.2) is 12.1 Å². The van der Waals surface area contributed by atoms with Crippen LogP contribution >= 0.6 is 11.6 Å². The molecule has 0 fully saturated rings. The van der Waals surface area contributed by atoms with Crippen molar-refractivity contribution in [1.82, 2.24) is 0 Å². The molecule has 0 amide bonds. The molecule has 0 radical (unpaired) electrons. The Hall–Kier alpha value is -0.770. The van der Waals surface area contributed by atoms with Gasteiger partial charge in [0.2, 0.25) is 0 Å². The maximum absolute atomic E-state index is 13.0. The quantitative estimate of drug-likeness (QED) is 0.593. The molecule has 0 aromatic heterocycles. The molecule has 17 heavy (non-hydrogen) atoms. The third-order valence-electron chi connectivity index (χ3n) is 1.82. The third kappa shape index (κ3) is 4.94. The molecule has 0 aliphatic carbocycles. The molecule has 0 N–H and O–H groups in total. The summed E-state index contributed by atoms with van der Waals surface area (Å²) in [5, 5.41) is -0.462. The van der Waals surface area contributed by atoms with Gasteiger partial charge in [-0.25, -0.2) is 4.39 Å². The van der Waals surface area contributed by atoms with Gasteiger partial charge in [0.05, 0.1) is 10.6 Å². The van der Waals surface area contributed by atoms with E-state index in [1.165, 1.54) is 6.42 Å². The standard InChI is InChI=1S/C9H7ClF4.C3H8/c1-2-5-3-7(10)6(4-8(5)11)9(12,13)14;1-3-2/h3-4H,2H2,1H3;3H2,1-2H3. The highest BCUT2D eigenvalue weighted by Crippen LogP contribution is 2.35. The Kier molecular flexibility index (Phi) is 6.53. The van der Waals surface area contributed by atoms with Crippen molar-refractivity contribution >= 4 is 11.6 Å². The van der Waals surface area contributed by atoms with E-state index < -0.39 is 22.6 Å². The highest BCUT2D eigenvalue weighted by atomic mass is 35.5. The van der Waals surface area contributed by atoms with E-state index in [2.05, 4.69) is 13.8 Å². The van der Waals surface area contributed by atoms with Gasteiger partial charge < -0.3 is 0 Å². The molecular weight excluding hydrogens is 256 g/mol. The Morgan fingerprint density at radius 2 is 1.59 bits per heavy atom. The minimum absolute atomic E-state index is 0.183. The Morgan fingerprint density at radius 3 is 1.94 bits per heavy atom. The fourth-order valence-electron chi connectivity index (χ4n) is 1.08. The largest absolute Gasteiger partial charge is 0.417 e. The van der Waals surface area contributed by atoms with Gasteiger partial charge in [-0.15, -0.1) is 0 Å².